The Morgan fingerprint density at radius 2 is 2.08 bits per heavy atom. The Morgan fingerprint density at radius 1 is 1.25 bits per heavy atom. The van der Waals surface area contributed by atoms with Crippen molar-refractivity contribution in [1.29, 1.82) is 0 Å². The molecule has 3 aromatic rings. The number of benzene rings is 1. The lowest BCUT2D eigenvalue weighted by atomic mass is 10.2. The molecule has 0 fully saturated rings. The zero-order valence-electron chi connectivity index (χ0n) is 14.1. The summed E-state index contributed by atoms with van der Waals surface area (Å²) < 4.78 is 12.8. The maximum Gasteiger partial charge on any atom is 0.241 e. The summed E-state index contributed by atoms with van der Waals surface area (Å²) in [6.45, 7) is 3.88. The Balaban J connectivity index is 1.69. The van der Waals surface area contributed by atoms with Crippen molar-refractivity contribution in [2.24, 2.45) is 7.05 Å². The molecule has 0 amide bonds. The van der Waals surface area contributed by atoms with Crippen molar-refractivity contribution >= 4 is 0 Å². The van der Waals surface area contributed by atoms with E-state index in [1.165, 1.54) is 0 Å². The molecule has 0 N–H and O–H groups in total. The van der Waals surface area contributed by atoms with Gasteiger partial charge in [-0.2, -0.15) is 10.1 Å². The Hall–Kier alpha value is -2.67. The standard InChI is InChI=1S/C17H21N5O2/c1-4-23-15-8-6-5-7-14(15)17-19-16(24-20-17)12-21(2)10-13-9-18-22(3)11-13/h5-9,11H,4,10,12H2,1-3H3. The molecule has 0 aliphatic carbocycles. The first kappa shape index (κ1) is 16.2. The van der Waals surface area contributed by atoms with Crippen molar-refractivity contribution in [1.82, 2.24) is 24.8 Å². The Bertz CT molecular complexity index is 796. The summed E-state index contributed by atoms with van der Waals surface area (Å²) in [7, 11) is 3.91. The minimum atomic E-state index is 0.545. The third-order valence-electron chi connectivity index (χ3n) is 3.51. The Kier molecular flexibility index (Phi) is 4.90. The van der Waals surface area contributed by atoms with Crippen molar-refractivity contribution in [3.05, 3.63) is 48.1 Å². The largest absolute Gasteiger partial charge is 0.493 e. The topological polar surface area (TPSA) is 69.2 Å². The van der Waals surface area contributed by atoms with E-state index < -0.39 is 0 Å². The predicted molar refractivity (Wildman–Crippen MR) is 89.3 cm³/mol. The highest BCUT2D eigenvalue weighted by Crippen LogP contribution is 2.27. The predicted octanol–water partition coefficient (Wildman–Crippen LogP) is 2.50. The number of aryl methyl sites for hydroxylation is 1. The van der Waals surface area contributed by atoms with Gasteiger partial charge in [-0.1, -0.05) is 17.3 Å². The minimum Gasteiger partial charge on any atom is -0.493 e. The lowest BCUT2D eigenvalue weighted by Gasteiger charge is -2.12. The van der Waals surface area contributed by atoms with E-state index in [0.717, 1.165) is 23.4 Å². The zero-order chi connectivity index (χ0) is 16.9. The molecule has 0 atom stereocenters. The molecular weight excluding hydrogens is 306 g/mol. The first-order chi connectivity index (χ1) is 11.7. The van der Waals surface area contributed by atoms with E-state index in [0.29, 0.717) is 24.9 Å². The molecule has 0 bridgehead atoms. The van der Waals surface area contributed by atoms with Gasteiger partial charge in [-0.25, -0.2) is 0 Å². The van der Waals surface area contributed by atoms with Crippen molar-refractivity contribution in [3.8, 4) is 17.1 Å². The van der Waals surface area contributed by atoms with Gasteiger partial charge in [0.15, 0.2) is 0 Å². The van der Waals surface area contributed by atoms with Gasteiger partial charge in [-0.3, -0.25) is 9.58 Å². The van der Waals surface area contributed by atoms with Crippen LogP contribution in [0.4, 0.5) is 0 Å². The summed E-state index contributed by atoms with van der Waals surface area (Å²) in [4.78, 5) is 6.59. The van der Waals surface area contributed by atoms with Crippen LogP contribution in [0.2, 0.25) is 0 Å². The quantitative estimate of drug-likeness (QED) is 0.664. The summed E-state index contributed by atoms with van der Waals surface area (Å²) >= 11 is 0. The normalized spacial score (nSPS) is 11.2. The van der Waals surface area contributed by atoms with Gasteiger partial charge in [-0.05, 0) is 26.1 Å². The van der Waals surface area contributed by atoms with Gasteiger partial charge in [0, 0.05) is 25.4 Å². The minimum absolute atomic E-state index is 0.545. The number of hydrogen-bond acceptors (Lipinski definition) is 6. The van der Waals surface area contributed by atoms with E-state index >= 15 is 0 Å². The molecule has 2 heterocycles. The van der Waals surface area contributed by atoms with Crippen molar-refractivity contribution in [2.45, 2.75) is 20.0 Å². The highest BCUT2D eigenvalue weighted by Gasteiger charge is 2.14. The molecule has 2 aromatic heterocycles. The summed E-state index contributed by atoms with van der Waals surface area (Å²) in [5.41, 5.74) is 1.98. The molecule has 7 heteroatoms. The van der Waals surface area contributed by atoms with Gasteiger partial charge < -0.3 is 9.26 Å². The molecule has 0 saturated carbocycles. The van der Waals surface area contributed by atoms with Crippen LogP contribution in [-0.4, -0.2) is 38.5 Å². The maximum atomic E-state index is 5.62. The van der Waals surface area contributed by atoms with E-state index in [2.05, 4.69) is 20.1 Å². The molecule has 24 heavy (non-hydrogen) atoms. The summed E-state index contributed by atoms with van der Waals surface area (Å²) in [6, 6.07) is 7.70. The second kappa shape index (κ2) is 7.27. The molecule has 0 unspecified atom stereocenters. The number of aromatic nitrogens is 4. The van der Waals surface area contributed by atoms with Crippen LogP contribution in [0, 0.1) is 0 Å². The molecule has 7 nitrogen and oxygen atoms in total. The molecule has 3 rings (SSSR count). The van der Waals surface area contributed by atoms with E-state index in [1.807, 2.05) is 57.7 Å². The third kappa shape index (κ3) is 3.80. The van der Waals surface area contributed by atoms with Crippen LogP contribution in [-0.2, 0) is 20.1 Å². The van der Waals surface area contributed by atoms with Crippen LogP contribution in [0.3, 0.4) is 0 Å². The van der Waals surface area contributed by atoms with Gasteiger partial charge in [0.1, 0.15) is 5.75 Å². The van der Waals surface area contributed by atoms with Gasteiger partial charge in [0.05, 0.1) is 24.9 Å². The second-order valence-corrected chi connectivity index (χ2v) is 5.64. The molecule has 0 aliphatic heterocycles. The van der Waals surface area contributed by atoms with Crippen molar-refractivity contribution < 1.29 is 9.26 Å². The molecule has 0 radical (unpaired) electrons. The second-order valence-electron chi connectivity index (χ2n) is 5.64. The third-order valence-corrected chi connectivity index (χ3v) is 3.51. The number of nitrogens with zero attached hydrogens (tertiary/aromatic N) is 5. The highest BCUT2D eigenvalue weighted by molar-refractivity contribution is 5.63. The van der Waals surface area contributed by atoms with E-state index in [9.17, 15) is 0 Å². The van der Waals surface area contributed by atoms with Gasteiger partial charge in [0.25, 0.3) is 0 Å². The summed E-state index contributed by atoms with van der Waals surface area (Å²) in [5.74, 6) is 1.88. The van der Waals surface area contributed by atoms with Crippen LogP contribution in [0.1, 0.15) is 18.4 Å². The molecule has 0 saturated heterocycles. The number of hydrogen-bond donors (Lipinski definition) is 0. The SMILES string of the molecule is CCOc1ccccc1-c1noc(CN(C)Cc2cnn(C)c2)n1. The molecule has 126 valence electrons. The van der Waals surface area contributed by atoms with E-state index in [-0.39, 0.29) is 0 Å². The molecule has 0 aliphatic rings. The average molecular weight is 327 g/mol. The van der Waals surface area contributed by atoms with Crippen LogP contribution in [0.5, 0.6) is 5.75 Å². The molecular formula is C17H21N5O2. The van der Waals surface area contributed by atoms with Gasteiger partial charge >= 0.3 is 0 Å². The monoisotopic (exact) mass is 327 g/mol. The number of rotatable bonds is 7. The first-order valence-corrected chi connectivity index (χ1v) is 7.86. The fraction of sp³-hybridized carbons (Fsp3) is 0.353. The van der Waals surface area contributed by atoms with Crippen molar-refractivity contribution in [2.75, 3.05) is 13.7 Å². The molecule has 1 aromatic carbocycles. The summed E-state index contributed by atoms with van der Waals surface area (Å²) in [6.07, 6.45) is 3.85. The number of para-hydroxylation sites is 1. The highest BCUT2D eigenvalue weighted by atomic mass is 16.5. The number of ether oxygens (including phenoxy) is 1. The van der Waals surface area contributed by atoms with Crippen molar-refractivity contribution in [3.63, 3.8) is 0 Å². The van der Waals surface area contributed by atoms with Gasteiger partial charge in [0.2, 0.25) is 11.7 Å². The fourth-order valence-corrected chi connectivity index (χ4v) is 2.51. The van der Waals surface area contributed by atoms with Crippen LogP contribution in [0.15, 0.2) is 41.2 Å². The smallest absolute Gasteiger partial charge is 0.241 e. The fourth-order valence-electron chi connectivity index (χ4n) is 2.51. The lowest BCUT2D eigenvalue weighted by molar-refractivity contribution is 0.261. The summed E-state index contributed by atoms with van der Waals surface area (Å²) in [5, 5.41) is 8.26. The van der Waals surface area contributed by atoms with Gasteiger partial charge in [-0.15, -0.1) is 0 Å². The Morgan fingerprint density at radius 3 is 2.83 bits per heavy atom. The zero-order valence-corrected chi connectivity index (χ0v) is 14.1. The van der Waals surface area contributed by atoms with Crippen LogP contribution >= 0.6 is 0 Å². The van der Waals surface area contributed by atoms with Crippen LogP contribution in [0.25, 0.3) is 11.4 Å². The van der Waals surface area contributed by atoms with Crippen LogP contribution < -0.4 is 4.74 Å². The first-order valence-electron chi connectivity index (χ1n) is 7.86. The Labute approximate surface area is 140 Å². The maximum absolute atomic E-state index is 5.62. The van der Waals surface area contributed by atoms with E-state index in [1.54, 1.807) is 4.68 Å². The van der Waals surface area contributed by atoms with E-state index in [4.69, 9.17) is 9.26 Å². The average Bonchev–Trinajstić information content (AvgIpc) is 3.17. The lowest BCUT2D eigenvalue weighted by Crippen LogP contribution is -2.17. The molecule has 0 spiro atoms.